The fourth-order valence-electron chi connectivity index (χ4n) is 2.73. The lowest BCUT2D eigenvalue weighted by molar-refractivity contribution is -0.137. The van der Waals surface area contributed by atoms with E-state index >= 15 is 0 Å². The Bertz CT molecular complexity index is 1120. The fourth-order valence-corrected chi connectivity index (χ4v) is 2.96. The quantitative estimate of drug-likeness (QED) is 0.410. The molecule has 0 radical (unpaired) electrons. The molecule has 142 valence electrons. The molecule has 0 fully saturated rings. The topological polar surface area (TPSA) is 48.2 Å². The van der Waals surface area contributed by atoms with Gasteiger partial charge in [-0.25, -0.2) is 0 Å². The van der Waals surface area contributed by atoms with Crippen LogP contribution < -0.4 is 4.74 Å². The number of fused-ring (bicyclic) bond motifs is 1. The fraction of sp³-hybridized carbons (Fsp3) is 0.100. The summed E-state index contributed by atoms with van der Waals surface area (Å²) < 4.78 is 48.9. The highest BCUT2D eigenvalue weighted by atomic mass is 35.5. The van der Waals surface area contributed by atoms with Crippen LogP contribution in [0.5, 0.6) is 5.75 Å². The van der Waals surface area contributed by atoms with Crippen molar-refractivity contribution in [2.45, 2.75) is 12.8 Å². The molecular formula is C20H12ClF3N2O2. The normalized spacial score (nSPS) is 11.7. The Labute approximate surface area is 162 Å². The molecule has 1 aromatic heterocycles. The largest absolute Gasteiger partial charge is 0.485 e. The molecule has 4 rings (SSSR count). The molecule has 0 unspecified atom stereocenters. The van der Waals surface area contributed by atoms with Gasteiger partial charge < -0.3 is 9.26 Å². The Morgan fingerprint density at radius 2 is 1.64 bits per heavy atom. The Kier molecular flexibility index (Phi) is 4.68. The molecule has 1 heterocycles. The number of hydrogen-bond acceptors (Lipinski definition) is 4. The van der Waals surface area contributed by atoms with E-state index in [1.54, 1.807) is 12.1 Å². The first kappa shape index (κ1) is 18.3. The van der Waals surface area contributed by atoms with E-state index in [9.17, 15) is 13.2 Å². The summed E-state index contributed by atoms with van der Waals surface area (Å²) in [6.45, 7) is 0.0375. The number of rotatable bonds is 4. The standard InChI is InChI=1S/C20H12ClF3N2O2/c21-16-9-10-17(15-4-2-1-3-14(15)16)27-11-18-25-19(28-26-18)12-5-7-13(8-6-12)20(22,23)24/h1-10H,11H2. The first-order valence-electron chi connectivity index (χ1n) is 8.22. The zero-order valence-electron chi connectivity index (χ0n) is 14.2. The maximum absolute atomic E-state index is 12.6. The molecule has 0 aliphatic rings. The third kappa shape index (κ3) is 3.66. The van der Waals surface area contributed by atoms with E-state index in [4.69, 9.17) is 20.9 Å². The molecule has 0 atom stereocenters. The van der Waals surface area contributed by atoms with Gasteiger partial charge in [0.25, 0.3) is 5.89 Å². The van der Waals surface area contributed by atoms with Crippen molar-refractivity contribution in [3.63, 3.8) is 0 Å². The highest BCUT2D eigenvalue weighted by molar-refractivity contribution is 6.35. The number of aromatic nitrogens is 2. The molecule has 28 heavy (non-hydrogen) atoms. The van der Waals surface area contributed by atoms with Crippen LogP contribution in [-0.4, -0.2) is 10.1 Å². The van der Waals surface area contributed by atoms with Crippen molar-refractivity contribution in [3.05, 3.63) is 77.1 Å². The van der Waals surface area contributed by atoms with Crippen LogP contribution in [0.1, 0.15) is 11.4 Å². The van der Waals surface area contributed by atoms with Crippen LogP contribution in [-0.2, 0) is 12.8 Å². The van der Waals surface area contributed by atoms with Gasteiger partial charge in [-0.3, -0.25) is 0 Å². The zero-order chi connectivity index (χ0) is 19.7. The van der Waals surface area contributed by atoms with Gasteiger partial charge in [-0.1, -0.05) is 41.0 Å². The van der Waals surface area contributed by atoms with Gasteiger partial charge in [0.15, 0.2) is 6.61 Å². The molecule has 0 saturated carbocycles. The van der Waals surface area contributed by atoms with Crippen molar-refractivity contribution in [2.75, 3.05) is 0 Å². The monoisotopic (exact) mass is 404 g/mol. The average molecular weight is 405 g/mol. The van der Waals surface area contributed by atoms with Crippen LogP contribution in [0.25, 0.3) is 22.2 Å². The van der Waals surface area contributed by atoms with Crippen LogP contribution in [0.4, 0.5) is 13.2 Å². The minimum Gasteiger partial charge on any atom is -0.485 e. The van der Waals surface area contributed by atoms with E-state index < -0.39 is 11.7 Å². The second-order valence-corrected chi connectivity index (χ2v) is 6.38. The van der Waals surface area contributed by atoms with Gasteiger partial charge in [0.05, 0.1) is 5.56 Å². The Morgan fingerprint density at radius 3 is 2.36 bits per heavy atom. The molecule has 0 aliphatic heterocycles. The number of ether oxygens (including phenoxy) is 1. The summed E-state index contributed by atoms with van der Waals surface area (Å²) in [6, 6.07) is 15.5. The van der Waals surface area contributed by atoms with Crippen molar-refractivity contribution < 1.29 is 22.4 Å². The average Bonchev–Trinajstić information content (AvgIpc) is 3.16. The second-order valence-electron chi connectivity index (χ2n) is 5.97. The van der Waals surface area contributed by atoms with E-state index in [1.165, 1.54) is 12.1 Å². The lowest BCUT2D eigenvalue weighted by atomic mass is 10.1. The Morgan fingerprint density at radius 1 is 0.929 bits per heavy atom. The lowest BCUT2D eigenvalue weighted by Crippen LogP contribution is -2.04. The summed E-state index contributed by atoms with van der Waals surface area (Å²) in [5.41, 5.74) is -0.349. The molecule has 4 nitrogen and oxygen atoms in total. The SMILES string of the molecule is FC(F)(F)c1ccc(-c2nc(COc3ccc(Cl)c4ccccc34)no2)cc1. The van der Waals surface area contributed by atoms with Crippen molar-refractivity contribution in [3.8, 4) is 17.2 Å². The summed E-state index contributed by atoms with van der Waals surface area (Å²) in [5.74, 6) is 1.00. The van der Waals surface area contributed by atoms with Crippen LogP contribution >= 0.6 is 11.6 Å². The van der Waals surface area contributed by atoms with Crippen molar-refractivity contribution >= 4 is 22.4 Å². The molecule has 0 amide bonds. The molecular weight excluding hydrogens is 393 g/mol. The first-order chi connectivity index (χ1) is 13.4. The molecule has 0 spiro atoms. The number of nitrogens with zero attached hydrogens (tertiary/aromatic N) is 2. The van der Waals surface area contributed by atoms with Crippen LogP contribution in [0, 0.1) is 0 Å². The maximum Gasteiger partial charge on any atom is 0.416 e. The minimum absolute atomic E-state index is 0.0375. The smallest absolute Gasteiger partial charge is 0.416 e. The van der Waals surface area contributed by atoms with E-state index in [1.807, 2.05) is 24.3 Å². The molecule has 4 aromatic rings. The number of benzene rings is 3. The van der Waals surface area contributed by atoms with Gasteiger partial charge in [0.1, 0.15) is 5.75 Å². The Hall–Kier alpha value is -3.06. The number of hydrogen-bond donors (Lipinski definition) is 0. The van der Waals surface area contributed by atoms with E-state index in [0.29, 0.717) is 16.3 Å². The molecule has 3 aromatic carbocycles. The van der Waals surface area contributed by atoms with Crippen LogP contribution in [0.15, 0.2) is 65.2 Å². The van der Waals surface area contributed by atoms with Gasteiger partial charge in [-0.2, -0.15) is 18.2 Å². The number of alkyl halides is 3. The van der Waals surface area contributed by atoms with Crippen LogP contribution in [0.3, 0.4) is 0 Å². The summed E-state index contributed by atoms with van der Waals surface area (Å²) in [6.07, 6.45) is -4.40. The van der Waals surface area contributed by atoms with Gasteiger partial charge in [-0.05, 0) is 36.4 Å². The summed E-state index contributed by atoms with van der Waals surface area (Å²) in [5, 5.41) is 6.14. The summed E-state index contributed by atoms with van der Waals surface area (Å²) in [7, 11) is 0. The van der Waals surface area contributed by atoms with E-state index in [2.05, 4.69) is 10.1 Å². The predicted molar refractivity (Wildman–Crippen MR) is 98.0 cm³/mol. The second kappa shape index (κ2) is 7.16. The highest BCUT2D eigenvalue weighted by Gasteiger charge is 2.30. The van der Waals surface area contributed by atoms with Crippen LogP contribution in [0.2, 0.25) is 5.02 Å². The van der Waals surface area contributed by atoms with Gasteiger partial charge in [0.2, 0.25) is 5.82 Å². The zero-order valence-corrected chi connectivity index (χ0v) is 15.0. The molecule has 0 N–H and O–H groups in total. The molecule has 0 aliphatic carbocycles. The first-order valence-corrected chi connectivity index (χ1v) is 8.60. The van der Waals surface area contributed by atoms with Gasteiger partial charge >= 0.3 is 6.18 Å². The maximum atomic E-state index is 12.6. The predicted octanol–water partition coefficient (Wildman–Crippen LogP) is 6.14. The van der Waals surface area contributed by atoms with Gasteiger partial charge in [-0.15, -0.1) is 0 Å². The lowest BCUT2D eigenvalue weighted by Gasteiger charge is -2.08. The van der Waals surface area contributed by atoms with Crippen molar-refractivity contribution in [2.24, 2.45) is 0 Å². The van der Waals surface area contributed by atoms with E-state index in [0.717, 1.165) is 22.9 Å². The van der Waals surface area contributed by atoms with E-state index in [-0.39, 0.29) is 18.3 Å². The third-order valence-corrected chi connectivity index (χ3v) is 4.44. The van der Waals surface area contributed by atoms with Gasteiger partial charge in [0, 0.05) is 21.4 Å². The molecule has 0 saturated heterocycles. The minimum atomic E-state index is -4.40. The van der Waals surface area contributed by atoms with Crippen molar-refractivity contribution in [1.82, 2.24) is 10.1 Å². The third-order valence-electron chi connectivity index (χ3n) is 4.11. The number of halogens is 4. The summed E-state index contributed by atoms with van der Waals surface area (Å²) in [4.78, 5) is 4.17. The molecule has 8 heteroatoms. The Balaban J connectivity index is 1.51. The van der Waals surface area contributed by atoms with Crippen molar-refractivity contribution in [1.29, 1.82) is 0 Å². The highest BCUT2D eigenvalue weighted by Crippen LogP contribution is 2.32. The summed E-state index contributed by atoms with van der Waals surface area (Å²) >= 11 is 6.19. The molecule has 0 bridgehead atoms.